The minimum Gasteiger partial charge on any atom is -0.383 e. The third-order valence-electron chi connectivity index (χ3n) is 3.63. The van der Waals surface area contributed by atoms with Crippen molar-refractivity contribution in [1.29, 1.82) is 0 Å². The van der Waals surface area contributed by atoms with Gasteiger partial charge in [0, 0.05) is 45.5 Å². The predicted octanol–water partition coefficient (Wildman–Crippen LogP) is 0.749. The molecule has 20 heavy (non-hydrogen) atoms. The van der Waals surface area contributed by atoms with Gasteiger partial charge >= 0.3 is 0 Å². The van der Waals surface area contributed by atoms with Gasteiger partial charge in [0.2, 0.25) is 0 Å². The second-order valence-corrected chi connectivity index (χ2v) is 7.32. The SMILES string of the molecule is CN1CCN(CCNc2ccccc2S(C)(=O)=O)CC1. The van der Waals surface area contributed by atoms with Crippen LogP contribution in [0.4, 0.5) is 5.69 Å². The maximum atomic E-state index is 11.7. The molecule has 1 aliphatic heterocycles. The third-order valence-corrected chi connectivity index (χ3v) is 4.78. The predicted molar refractivity (Wildman–Crippen MR) is 82.0 cm³/mol. The number of hydrogen-bond acceptors (Lipinski definition) is 5. The van der Waals surface area contributed by atoms with E-state index in [1.165, 1.54) is 6.26 Å². The number of anilines is 1. The Hall–Kier alpha value is -1.11. The second-order valence-electron chi connectivity index (χ2n) is 5.34. The number of likely N-dealkylation sites (N-methyl/N-ethyl adjacent to an activating group) is 1. The highest BCUT2D eigenvalue weighted by Gasteiger charge is 2.14. The van der Waals surface area contributed by atoms with Crippen molar-refractivity contribution < 1.29 is 8.42 Å². The molecule has 6 heteroatoms. The van der Waals surface area contributed by atoms with Crippen molar-refractivity contribution in [3.05, 3.63) is 24.3 Å². The van der Waals surface area contributed by atoms with Crippen molar-refractivity contribution >= 4 is 15.5 Å². The number of nitrogens with one attached hydrogen (secondary N) is 1. The van der Waals surface area contributed by atoms with Gasteiger partial charge in [-0.15, -0.1) is 0 Å². The molecule has 1 heterocycles. The van der Waals surface area contributed by atoms with Crippen LogP contribution in [0.2, 0.25) is 0 Å². The molecule has 5 nitrogen and oxygen atoms in total. The molecule has 0 atom stereocenters. The number of rotatable bonds is 5. The van der Waals surface area contributed by atoms with E-state index in [4.69, 9.17) is 0 Å². The van der Waals surface area contributed by atoms with Crippen LogP contribution in [0.5, 0.6) is 0 Å². The van der Waals surface area contributed by atoms with E-state index in [9.17, 15) is 8.42 Å². The molecule has 0 aromatic heterocycles. The first-order chi connectivity index (χ1) is 9.47. The zero-order chi connectivity index (χ0) is 14.6. The van der Waals surface area contributed by atoms with Gasteiger partial charge < -0.3 is 10.2 Å². The first-order valence-electron chi connectivity index (χ1n) is 6.90. The van der Waals surface area contributed by atoms with E-state index in [-0.39, 0.29) is 0 Å². The van der Waals surface area contributed by atoms with Gasteiger partial charge in [0.05, 0.1) is 10.6 Å². The van der Waals surface area contributed by atoms with Crippen LogP contribution in [0.3, 0.4) is 0 Å². The summed E-state index contributed by atoms with van der Waals surface area (Å²) in [6.45, 7) is 6.04. The molecular formula is C14H23N3O2S. The zero-order valence-corrected chi connectivity index (χ0v) is 13.0. The molecule has 0 aliphatic carbocycles. The number of piperazine rings is 1. The molecule has 1 N–H and O–H groups in total. The number of benzene rings is 1. The number of hydrogen-bond donors (Lipinski definition) is 1. The molecule has 1 aliphatic rings. The fourth-order valence-corrected chi connectivity index (χ4v) is 3.22. The Morgan fingerprint density at radius 2 is 1.80 bits per heavy atom. The van der Waals surface area contributed by atoms with Crippen molar-refractivity contribution in [2.75, 3.05) is 57.9 Å². The molecule has 0 saturated carbocycles. The van der Waals surface area contributed by atoms with Crippen molar-refractivity contribution in [2.24, 2.45) is 0 Å². The normalized spacial score (nSPS) is 18.1. The minimum absolute atomic E-state index is 0.373. The Morgan fingerprint density at radius 1 is 1.15 bits per heavy atom. The van der Waals surface area contributed by atoms with Gasteiger partial charge in [-0.3, -0.25) is 4.90 Å². The van der Waals surface area contributed by atoms with Gasteiger partial charge in [-0.25, -0.2) is 8.42 Å². The summed E-state index contributed by atoms with van der Waals surface area (Å²) < 4.78 is 23.4. The summed E-state index contributed by atoms with van der Waals surface area (Å²) in [7, 11) is -1.04. The topological polar surface area (TPSA) is 52.6 Å². The van der Waals surface area contributed by atoms with Gasteiger partial charge in [0.1, 0.15) is 0 Å². The van der Waals surface area contributed by atoms with Crippen molar-refractivity contribution in [3.63, 3.8) is 0 Å². The smallest absolute Gasteiger partial charge is 0.177 e. The molecule has 0 unspecified atom stereocenters. The molecule has 0 spiro atoms. The summed E-state index contributed by atoms with van der Waals surface area (Å²) in [5.41, 5.74) is 0.698. The van der Waals surface area contributed by atoms with Crippen LogP contribution in [0.1, 0.15) is 0 Å². The maximum absolute atomic E-state index is 11.7. The van der Waals surface area contributed by atoms with E-state index in [0.717, 1.165) is 39.3 Å². The lowest BCUT2D eigenvalue weighted by molar-refractivity contribution is 0.158. The summed E-state index contributed by atoms with van der Waals surface area (Å²) in [4.78, 5) is 5.09. The van der Waals surface area contributed by atoms with Crippen molar-refractivity contribution in [2.45, 2.75) is 4.90 Å². The monoisotopic (exact) mass is 297 g/mol. The molecular weight excluding hydrogens is 274 g/mol. The highest BCUT2D eigenvalue weighted by atomic mass is 32.2. The van der Waals surface area contributed by atoms with Gasteiger partial charge in [0.25, 0.3) is 0 Å². The van der Waals surface area contributed by atoms with E-state index >= 15 is 0 Å². The van der Waals surface area contributed by atoms with Crippen LogP contribution >= 0.6 is 0 Å². The van der Waals surface area contributed by atoms with E-state index in [0.29, 0.717) is 10.6 Å². The zero-order valence-electron chi connectivity index (χ0n) is 12.2. The van der Waals surface area contributed by atoms with Crippen LogP contribution in [-0.4, -0.2) is 70.8 Å². The van der Waals surface area contributed by atoms with Crippen molar-refractivity contribution in [3.8, 4) is 0 Å². The Kier molecular flexibility index (Phi) is 5.01. The fourth-order valence-electron chi connectivity index (χ4n) is 2.36. The van der Waals surface area contributed by atoms with Crippen LogP contribution in [0, 0.1) is 0 Å². The Labute approximate surface area is 121 Å². The standard InChI is InChI=1S/C14H23N3O2S/c1-16-9-11-17(12-10-16)8-7-15-13-5-3-4-6-14(13)20(2,18)19/h3-6,15H,7-12H2,1-2H3. The van der Waals surface area contributed by atoms with Gasteiger partial charge in [-0.1, -0.05) is 12.1 Å². The molecule has 0 bridgehead atoms. The fraction of sp³-hybridized carbons (Fsp3) is 0.571. The van der Waals surface area contributed by atoms with Crippen LogP contribution in [0.25, 0.3) is 0 Å². The third kappa shape index (κ3) is 4.19. The first-order valence-corrected chi connectivity index (χ1v) is 8.80. The minimum atomic E-state index is -3.18. The Morgan fingerprint density at radius 3 is 2.45 bits per heavy atom. The summed E-state index contributed by atoms with van der Waals surface area (Å²) in [6.07, 6.45) is 1.24. The lowest BCUT2D eigenvalue weighted by Crippen LogP contribution is -2.45. The lowest BCUT2D eigenvalue weighted by Gasteiger charge is -2.32. The Balaban J connectivity index is 1.89. The largest absolute Gasteiger partial charge is 0.383 e. The maximum Gasteiger partial charge on any atom is 0.177 e. The molecule has 1 saturated heterocycles. The van der Waals surface area contributed by atoms with Crippen LogP contribution in [0.15, 0.2) is 29.2 Å². The molecule has 1 aromatic carbocycles. The molecule has 0 amide bonds. The highest BCUT2D eigenvalue weighted by Crippen LogP contribution is 2.20. The lowest BCUT2D eigenvalue weighted by atomic mass is 10.3. The summed E-state index contributed by atoms with van der Waals surface area (Å²) in [6, 6.07) is 7.07. The number of nitrogens with zero attached hydrogens (tertiary/aromatic N) is 2. The van der Waals surface area contributed by atoms with Gasteiger partial charge in [-0.05, 0) is 19.2 Å². The molecule has 1 aromatic rings. The average Bonchev–Trinajstić information content (AvgIpc) is 2.40. The molecule has 1 fully saturated rings. The summed E-state index contributed by atoms with van der Waals surface area (Å²) >= 11 is 0. The molecule has 112 valence electrons. The van der Waals surface area contributed by atoms with Gasteiger partial charge in [-0.2, -0.15) is 0 Å². The van der Waals surface area contributed by atoms with E-state index in [1.54, 1.807) is 12.1 Å². The quantitative estimate of drug-likeness (QED) is 0.869. The van der Waals surface area contributed by atoms with Crippen molar-refractivity contribution in [1.82, 2.24) is 9.80 Å². The number of sulfone groups is 1. The summed E-state index contributed by atoms with van der Waals surface area (Å²) in [5, 5.41) is 3.24. The second kappa shape index (κ2) is 6.56. The van der Waals surface area contributed by atoms with Crippen LogP contribution < -0.4 is 5.32 Å². The van der Waals surface area contributed by atoms with E-state index in [1.807, 2.05) is 12.1 Å². The van der Waals surface area contributed by atoms with Gasteiger partial charge in [0.15, 0.2) is 9.84 Å². The van der Waals surface area contributed by atoms with E-state index in [2.05, 4.69) is 22.2 Å². The molecule has 0 radical (unpaired) electrons. The molecule has 2 rings (SSSR count). The highest BCUT2D eigenvalue weighted by molar-refractivity contribution is 7.90. The first kappa shape index (κ1) is 15.3. The van der Waals surface area contributed by atoms with E-state index < -0.39 is 9.84 Å². The Bertz CT molecular complexity index is 537. The average molecular weight is 297 g/mol. The van der Waals surface area contributed by atoms with Crippen LogP contribution in [-0.2, 0) is 9.84 Å². The number of para-hydroxylation sites is 1. The summed E-state index contributed by atoms with van der Waals surface area (Å²) in [5.74, 6) is 0.